The Kier molecular flexibility index (Phi) is 7.44. The van der Waals surface area contributed by atoms with Gasteiger partial charge in [0.25, 0.3) is 11.8 Å². The first-order valence-electron chi connectivity index (χ1n) is 11.6. The number of halogens is 1. The van der Waals surface area contributed by atoms with Crippen molar-refractivity contribution in [3.05, 3.63) is 129 Å². The Morgan fingerprint density at radius 2 is 1.62 bits per heavy atom. The number of carbonyl (C=O) groups is 2. The van der Waals surface area contributed by atoms with E-state index in [1.165, 1.54) is 16.8 Å². The lowest BCUT2D eigenvalue weighted by atomic mass is 10.0. The molecule has 0 aliphatic carbocycles. The van der Waals surface area contributed by atoms with E-state index in [0.717, 1.165) is 32.5 Å². The summed E-state index contributed by atoms with van der Waals surface area (Å²) in [5.74, 6) is 0.105. The molecule has 0 saturated carbocycles. The monoisotopic (exact) mass is 570 g/mol. The van der Waals surface area contributed by atoms with E-state index >= 15 is 0 Å². The Labute approximate surface area is 228 Å². The van der Waals surface area contributed by atoms with Crippen molar-refractivity contribution in [2.45, 2.75) is 5.37 Å². The minimum atomic E-state index is -0.427. The van der Waals surface area contributed by atoms with Gasteiger partial charge in [-0.1, -0.05) is 94.4 Å². The van der Waals surface area contributed by atoms with E-state index in [2.05, 4.69) is 21.4 Å². The van der Waals surface area contributed by atoms with E-state index in [1.807, 2.05) is 97.1 Å². The molecule has 1 unspecified atom stereocenters. The van der Waals surface area contributed by atoms with E-state index in [4.69, 9.17) is 4.74 Å². The summed E-state index contributed by atoms with van der Waals surface area (Å²) >= 11 is 4.88. The Hall–Kier alpha value is -3.81. The molecule has 0 radical (unpaired) electrons. The van der Waals surface area contributed by atoms with Gasteiger partial charge >= 0.3 is 0 Å². The van der Waals surface area contributed by atoms with E-state index < -0.39 is 5.37 Å². The van der Waals surface area contributed by atoms with Crippen molar-refractivity contribution in [3.8, 4) is 16.9 Å². The molecule has 5 nitrogen and oxygen atoms in total. The first-order valence-corrected chi connectivity index (χ1v) is 13.3. The van der Waals surface area contributed by atoms with Gasteiger partial charge in [0.2, 0.25) is 0 Å². The van der Waals surface area contributed by atoms with Crippen LogP contribution in [0, 0.1) is 0 Å². The Morgan fingerprint density at radius 3 is 2.30 bits per heavy atom. The smallest absolute Gasteiger partial charge is 0.280 e. The number of benzene rings is 4. The molecular formula is C30H23BrN2O3S. The lowest BCUT2D eigenvalue weighted by molar-refractivity contribution is -0.128. The minimum absolute atomic E-state index is 0.264. The molecule has 1 fully saturated rings. The van der Waals surface area contributed by atoms with Gasteiger partial charge in [0.1, 0.15) is 11.1 Å². The van der Waals surface area contributed by atoms with Gasteiger partial charge in [-0.25, -0.2) is 5.01 Å². The van der Waals surface area contributed by atoms with Crippen molar-refractivity contribution in [2.24, 2.45) is 0 Å². The average molecular weight is 571 g/mol. The highest BCUT2D eigenvalue weighted by Crippen LogP contribution is 2.45. The Bertz CT molecular complexity index is 1450. The summed E-state index contributed by atoms with van der Waals surface area (Å²) in [6.45, 7) is 0. The zero-order valence-electron chi connectivity index (χ0n) is 19.9. The van der Waals surface area contributed by atoms with Gasteiger partial charge < -0.3 is 4.74 Å². The number of carbonyl (C=O) groups excluding carboxylic acids is 2. The second kappa shape index (κ2) is 11.1. The van der Waals surface area contributed by atoms with Gasteiger partial charge in [-0.15, -0.1) is 0 Å². The van der Waals surface area contributed by atoms with Crippen LogP contribution in [0.25, 0.3) is 17.2 Å². The SMILES string of the molecule is COc1ccc(C2S/C(=C\c3cccc(Br)c3)C(=O)N2NC(=O)c2ccc(-c3ccccc3)cc2)cc1. The summed E-state index contributed by atoms with van der Waals surface area (Å²) in [7, 11) is 1.61. The highest BCUT2D eigenvalue weighted by molar-refractivity contribution is 9.10. The number of hydrogen-bond donors (Lipinski definition) is 1. The molecule has 4 aromatic rings. The molecule has 184 valence electrons. The molecule has 1 N–H and O–H groups in total. The molecule has 4 aromatic carbocycles. The predicted molar refractivity (Wildman–Crippen MR) is 152 cm³/mol. The van der Waals surface area contributed by atoms with Crippen LogP contribution in [0.1, 0.15) is 26.9 Å². The number of thioether (sulfide) groups is 1. The second-order valence-corrected chi connectivity index (χ2v) is 10.4. The first kappa shape index (κ1) is 24.9. The summed E-state index contributed by atoms with van der Waals surface area (Å²) in [5, 5.41) is 0.980. The van der Waals surface area contributed by atoms with Crippen LogP contribution in [0.2, 0.25) is 0 Å². The molecule has 1 atom stereocenters. The largest absolute Gasteiger partial charge is 0.497 e. The maximum Gasteiger partial charge on any atom is 0.280 e. The van der Waals surface area contributed by atoms with Crippen molar-refractivity contribution in [2.75, 3.05) is 7.11 Å². The fraction of sp³-hybridized carbons (Fsp3) is 0.0667. The third-order valence-corrected chi connectivity index (χ3v) is 7.67. The van der Waals surface area contributed by atoms with E-state index in [-0.39, 0.29) is 11.8 Å². The summed E-state index contributed by atoms with van der Waals surface area (Å²) in [5.41, 5.74) is 7.17. The highest BCUT2D eigenvalue weighted by atomic mass is 79.9. The van der Waals surface area contributed by atoms with Crippen molar-refractivity contribution >= 4 is 45.6 Å². The van der Waals surface area contributed by atoms with Crippen LogP contribution in [-0.2, 0) is 4.79 Å². The second-order valence-electron chi connectivity index (χ2n) is 8.37. The number of methoxy groups -OCH3 is 1. The van der Waals surface area contributed by atoms with Crippen LogP contribution in [0.5, 0.6) is 5.75 Å². The van der Waals surface area contributed by atoms with Crippen molar-refractivity contribution in [3.63, 3.8) is 0 Å². The summed E-state index contributed by atoms with van der Waals surface area (Å²) in [4.78, 5) is 27.3. The van der Waals surface area contributed by atoms with E-state index in [0.29, 0.717) is 10.5 Å². The van der Waals surface area contributed by atoms with Crippen molar-refractivity contribution < 1.29 is 14.3 Å². The lowest BCUT2D eigenvalue weighted by Gasteiger charge is -2.24. The zero-order chi connectivity index (χ0) is 25.8. The maximum atomic E-state index is 13.5. The number of nitrogens with one attached hydrogen (secondary N) is 1. The lowest BCUT2D eigenvalue weighted by Crippen LogP contribution is -2.44. The standard InChI is InChI=1S/C30H23BrN2O3S/c1-36-26-16-14-24(15-17-26)30-33(29(35)27(37-30)19-20-6-5-9-25(31)18-20)32-28(34)23-12-10-22(11-13-23)21-7-3-2-4-8-21/h2-19,30H,1H3,(H,32,34)/b27-19-. The van der Waals surface area contributed by atoms with Crippen LogP contribution in [0.4, 0.5) is 0 Å². The van der Waals surface area contributed by atoms with Gasteiger partial charge in [-0.2, -0.15) is 0 Å². The number of hydrogen-bond acceptors (Lipinski definition) is 4. The molecule has 1 saturated heterocycles. The van der Waals surface area contributed by atoms with E-state index in [9.17, 15) is 9.59 Å². The fourth-order valence-corrected chi connectivity index (χ4v) is 5.61. The molecule has 1 aliphatic heterocycles. The number of hydrazine groups is 1. The average Bonchev–Trinajstić information content (AvgIpc) is 3.23. The molecule has 5 rings (SSSR count). The van der Waals surface area contributed by atoms with Gasteiger partial charge in [0, 0.05) is 10.0 Å². The number of rotatable bonds is 6. The zero-order valence-corrected chi connectivity index (χ0v) is 22.3. The molecule has 2 amide bonds. The predicted octanol–water partition coefficient (Wildman–Crippen LogP) is 7.08. The molecule has 0 bridgehead atoms. The number of nitrogens with zero attached hydrogens (tertiary/aromatic N) is 1. The van der Waals surface area contributed by atoms with Crippen LogP contribution in [-0.4, -0.2) is 23.9 Å². The van der Waals surface area contributed by atoms with Crippen LogP contribution < -0.4 is 10.2 Å². The third kappa shape index (κ3) is 5.63. The van der Waals surface area contributed by atoms with Gasteiger partial charge in [-0.3, -0.25) is 15.0 Å². The van der Waals surface area contributed by atoms with Crippen LogP contribution in [0.3, 0.4) is 0 Å². The normalized spacial score (nSPS) is 16.2. The molecule has 0 aromatic heterocycles. The first-order chi connectivity index (χ1) is 18.0. The molecule has 1 heterocycles. The van der Waals surface area contributed by atoms with Gasteiger partial charge in [-0.05, 0) is 64.7 Å². The summed E-state index contributed by atoms with van der Waals surface area (Å²) in [6, 6.07) is 32.5. The topological polar surface area (TPSA) is 58.6 Å². The van der Waals surface area contributed by atoms with Gasteiger partial charge in [0.15, 0.2) is 0 Å². The molecule has 7 heteroatoms. The quantitative estimate of drug-likeness (QED) is 0.251. The van der Waals surface area contributed by atoms with Crippen molar-refractivity contribution in [1.82, 2.24) is 10.4 Å². The Morgan fingerprint density at radius 1 is 0.919 bits per heavy atom. The summed E-state index contributed by atoms with van der Waals surface area (Å²) < 4.78 is 6.21. The number of ether oxygens (including phenoxy) is 1. The molecule has 0 spiro atoms. The van der Waals surface area contributed by atoms with Crippen LogP contribution >= 0.6 is 27.7 Å². The van der Waals surface area contributed by atoms with Gasteiger partial charge in [0.05, 0.1) is 12.0 Å². The molecule has 37 heavy (non-hydrogen) atoms. The molecular weight excluding hydrogens is 548 g/mol. The van der Waals surface area contributed by atoms with E-state index in [1.54, 1.807) is 19.2 Å². The minimum Gasteiger partial charge on any atom is -0.497 e. The third-order valence-electron chi connectivity index (χ3n) is 5.93. The highest BCUT2D eigenvalue weighted by Gasteiger charge is 2.38. The molecule has 1 aliphatic rings. The van der Waals surface area contributed by atoms with Crippen molar-refractivity contribution in [1.29, 1.82) is 0 Å². The number of amides is 2. The Balaban J connectivity index is 1.42. The summed E-state index contributed by atoms with van der Waals surface area (Å²) in [6.07, 6.45) is 1.84. The van der Waals surface area contributed by atoms with Crippen LogP contribution in [0.15, 0.2) is 113 Å². The maximum absolute atomic E-state index is 13.5. The fourth-order valence-electron chi connectivity index (χ4n) is 4.01.